The molecule has 0 aliphatic carbocycles. The maximum absolute atomic E-state index is 14.5. The molecule has 3 aromatic carbocycles. The lowest BCUT2D eigenvalue weighted by atomic mass is 10.0. The molecule has 4 aromatic rings. The van der Waals surface area contributed by atoms with E-state index in [1.54, 1.807) is 42.5 Å². The molecule has 0 fully saturated rings. The summed E-state index contributed by atoms with van der Waals surface area (Å²) in [6.07, 6.45) is -1.44. The second-order valence-corrected chi connectivity index (χ2v) is 6.76. The lowest BCUT2D eigenvalue weighted by molar-refractivity contribution is 0.0946. The average molecular weight is 434 g/mol. The Kier molecular flexibility index (Phi) is 5.38. The summed E-state index contributed by atoms with van der Waals surface area (Å²) in [5, 5.41) is 10.5. The van der Waals surface area contributed by atoms with Gasteiger partial charge in [-0.2, -0.15) is 5.01 Å². The Balaban J connectivity index is 1.89. The van der Waals surface area contributed by atoms with Crippen molar-refractivity contribution in [1.29, 1.82) is 0 Å². The van der Waals surface area contributed by atoms with Gasteiger partial charge in [0.05, 0.1) is 28.0 Å². The molecule has 0 bridgehead atoms. The third-order valence-corrected chi connectivity index (χ3v) is 4.78. The molecule has 7 nitrogen and oxygen atoms in total. The number of rotatable bonds is 3. The third-order valence-electron chi connectivity index (χ3n) is 4.78. The fourth-order valence-electron chi connectivity index (χ4n) is 3.34. The van der Waals surface area contributed by atoms with Crippen molar-refractivity contribution >= 4 is 34.3 Å². The number of halogens is 2. The second-order valence-electron chi connectivity index (χ2n) is 6.76. The van der Waals surface area contributed by atoms with Crippen LogP contribution >= 0.6 is 0 Å². The van der Waals surface area contributed by atoms with E-state index in [1.807, 2.05) is 0 Å². The molecule has 0 saturated heterocycles. The normalized spacial score (nSPS) is 10.7. The molecule has 32 heavy (non-hydrogen) atoms. The Morgan fingerprint density at radius 2 is 1.53 bits per heavy atom. The Hall–Kier alpha value is -4.53. The highest BCUT2D eigenvalue weighted by Crippen LogP contribution is 2.35. The van der Waals surface area contributed by atoms with Crippen LogP contribution in [0.4, 0.5) is 25.0 Å². The molecule has 0 saturated carbocycles. The Morgan fingerprint density at radius 3 is 2.19 bits per heavy atom. The van der Waals surface area contributed by atoms with Gasteiger partial charge in [0.1, 0.15) is 17.3 Å². The minimum atomic E-state index is -1.44. The highest BCUT2D eigenvalue weighted by molar-refractivity contribution is 6.14. The molecule has 1 heterocycles. The van der Waals surface area contributed by atoms with Gasteiger partial charge in [-0.3, -0.25) is 10.2 Å². The summed E-state index contributed by atoms with van der Waals surface area (Å²) in [5.41, 5.74) is 7.73. The molecule has 1 aromatic heterocycles. The van der Waals surface area contributed by atoms with Crippen molar-refractivity contribution in [3.8, 4) is 11.3 Å². The monoisotopic (exact) mass is 434 g/mol. The van der Waals surface area contributed by atoms with Crippen molar-refractivity contribution in [2.45, 2.75) is 0 Å². The van der Waals surface area contributed by atoms with Gasteiger partial charge in [-0.05, 0) is 30.3 Å². The number of hydrogen-bond acceptors (Lipinski definition) is 4. The van der Waals surface area contributed by atoms with Crippen LogP contribution in [0.15, 0.2) is 72.8 Å². The SMILES string of the molecule is Nc1c(-c2c(F)cccc2F)nc2ccccc2c1C(=O)NN(C(=O)O)c1ccccc1. The van der Waals surface area contributed by atoms with E-state index in [0.29, 0.717) is 10.4 Å². The number of amides is 2. The van der Waals surface area contributed by atoms with Crippen LogP contribution in [0.1, 0.15) is 10.4 Å². The van der Waals surface area contributed by atoms with Crippen molar-refractivity contribution in [2.75, 3.05) is 10.7 Å². The number of nitrogens with one attached hydrogen (secondary N) is 1. The van der Waals surface area contributed by atoms with Crippen LogP contribution in [0.3, 0.4) is 0 Å². The Bertz CT molecular complexity index is 1330. The molecule has 4 N–H and O–H groups in total. The highest BCUT2D eigenvalue weighted by Gasteiger charge is 2.26. The van der Waals surface area contributed by atoms with E-state index >= 15 is 0 Å². The summed E-state index contributed by atoms with van der Waals surface area (Å²) in [5.74, 6) is -2.69. The molecule has 0 aliphatic rings. The van der Waals surface area contributed by atoms with E-state index in [2.05, 4.69) is 10.4 Å². The molecular formula is C23H16F2N4O3. The number of nitrogens with zero attached hydrogens (tertiary/aromatic N) is 2. The molecule has 0 unspecified atom stereocenters. The Labute approximate surface area is 180 Å². The maximum Gasteiger partial charge on any atom is 0.431 e. The number of carbonyl (C=O) groups is 2. The van der Waals surface area contributed by atoms with Gasteiger partial charge in [0.25, 0.3) is 5.91 Å². The largest absolute Gasteiger partial charge is 0.463 e. The average Bonchev–Trinajstić information content (AvgIpc) is 2.78. The number of benzene rings is 3. The molecule has 9 heteroatoms. The number of anilines is 2. The van der Waals surface area contributed by atoms with Gasteiger partial charge in [0.2, 0.25) is 0 Å². The van der Waals surface area contributed by atoms with Crippen molar-refractivity contribution in [3.05, 3.63) is 90.0 Å². The summed E-state index contributed by atoms with van der Waals surface area (Å²) in [6, 6.07) is 17.6. The number of hydrogen-bond donors (Lipinski definition) is 3. The van der Waals surface area contributed by atoms with Gasteiger partial charge in [-0.25, -0.2) is 18.6 Å². The number of carboxylic acid groups (broad SMARTS) is 1. The maximum atomic E-state index is 14.5. The van der Waals surface area contributed by atoms with Gasteiger partial charge in [0, 0.05) is 5.39 Å². The standard InChI is InChI=1S/C23H16F2N4O3/c24-15-10-6-11-16(25)19(15)21-20(26)18(14-9-4-5-12-17(14)27-21)22(30)28-29(23(31)32)13-7-2-1-3-8-13/h1-12H,26H2,(H,28,30)(H,31,32). The quantitative estimate of drug-likeness (QED) is 0.409. The number of nitrogen functional groups attached to an aromatic ring is 1. The second kappa shape index (κ2) is 8.31. The molecular weight excluding hydrogens is 418 g/mol. The predicted molar refractivity (Wildman–Crippen MR) is 116 cm³/mol. The lowest BCUT2D eigenvalue weighted by Crippen LogP contribution is -2.46. The van der Waals surface area contributed by atoms with Crippen LogP contribution in [0.25, 0.3) is 22.2 Å². The predicted octanol–water partition coefficient (Wildman–Crippen LogP) is 4.59. The van der Waals surface area contributed by atoms with E-state index in [-0.39, 0.29) is 28.1 Å². The first-order valence-corrected chi connectivity index (χ1v) is 9.40. The number of carbonyl (C=O) groups excluding carboxylic acids is 1. The minimum absolute atomic E-state index is 0.157. The van der Waals surface area contributed by atoms with Crippen LogP contribution in [-0.4, -0.2) is 22.1 Å². The highest BCUT2D eigenvalue weighted by atomic mass is 19.1. The number of para-hydroxylation sites is 2. The van der Waals surface area contributed by atoms with Gasteiger partial charge >= 0.3 is 6.09 Å². The van der Waals surface area contributed by atoms with Crippen molar-refractivity contribution in [1.82, 2.24) is 10.4 Å². The van der Waals surface area contributed by atoms with Crippen LogP contribution in [0.5, 0.6) is 0 Å². The molecule has 4 rings (SSSR count). The first-order valence-electron chi connectivity index (χ1n) is 9.40. The summed E-state index contributed by atoms with van der Waals surface area (Å²) in [4.78, 5) is 29.2. The Morgan fingerprint density at radius 1 is 0.906 bits per heavy atom. The third kappa shape index (κ3) is 3.67. The summed E-state index contributed by atoms with van der Waals surface area (Å²) in [6.45, 7) is 0. The van der Waals surface area contributed by atoms with Gasteiger partial charge < -0.3 is 10.8 Å². The first-order chi connectivity index (χ1) is 15.4. The zero-order valence-corrected chi connectivity index (χ0v) is 16.4. The zero-order valence-electron chi connectivity index (χ0n) is 16.4. The first kappa shape index (κ1) is 20.7. The number of hydrazine groups is 1. The van der Waals surface area contributed by atoms with Gasteiger partial charge in [0.15, 0.2) is 0 Å². The van der Waals surface area contributed by atoms with Crippen LogP contribution < -0.4 is 16.2 Å². The summed E-state index contributed by atoms with van der Waals surface area (Å²) in [7, 11) is 0. The van der Waals surface area contributed by atoms with E-state index in [1.165, 1.54) is 18.2 Å². The van der Waals surface area contributed by atoms with Crippen molar-refractivity contribution in [3.63, 3.8) is 0 Å². The minimum Gasteiger partial charge on any atom is -0.463 e. The van der Waals surface area contributed by atoms with E-state index < -0.39 is 29.2 Å². The smallest absolute Gasteiger partial charge is 0.431 e. The van der Waals surface area contributed by atoms with Gasteiger partial charge in [-0.1, -0.05) is 42.5 Å². The van der Waals surface area contributed by atoms with E-state index in [4.69, 9.17) is 5.73 Å². The van der Waals surface area contributed by atoms with E-state index in [9.17, 15) is 23.5 Å². The molecule has 0 aliphatic heterocycles. The molecule has 160 valence electrons. The fourth-order valence-corrected chi connectivity index (χ4v) is 3.34. The number of aromatic nitrogens is 1. The summed E-state index contributed by atoms with van der Waals surface area (Å²) >= 11 is 0. The topological polar surface area (TPSA) is 109 Å². The van der Waals surface area contributed by atoms with E-state index in [0.717, 1.165) is 12.1 Å². The molecule has 0 atom stereocenters. The van der Waals surface area contributed by atoms with Crippen LogP contribution in [0, 0.1) is 11.6 Å². The fraction of sp³-hybridized carbons (Fsp3) is 0. The molecule has 0 radical (unpaired) electrons. The molecule has 2 amide bonds. The summed E-state index contributed by atoms with van der Waals surface area (Å²) < 4.78 is 28.9. The van der Waals surface area contributed by atoms with Crippen molar-refractivity contribution < 1.29 is 23.5 Å². The van der Waals surface area contributed by atoms with Crippen LogP contribution in [-0.2, 0) is 0 Å². The number of nitrogens with two attached hydrogens (primary N) is 1. The van der Waals surface area contributed by atoms with Gasteiger partial charge in [-0.15, -0.1) is 0 Å². The molecule has 0 spiro atoms. The number of pyridine rings is 1. The van der Waals surface area contributed by atoms with Crippen molar-refractivity contribution in [2.24, 2.45) is 0 Å². The zero-order chi connectivity index (χ0) is 22.8. The van der Waals surface area contributed by atoms with Crippen LogP contribution in [0.2, 0.25) is 0 Å². The number of fused-ring (bicyclic) bond motifs is 1. The lowest BCUT2D eigenvalue weighted by Gasteiger charge is -2.21.